The molecule has 0 fully saturated rings. The Hall–Kier alpha value is -2.18. The second-order valence-corrected chi connectivity index (χ2v) is 14.4. The summed E-state index contributed by atoms with van der Waals surface area (Å²) in [7, 11) is 0. The molecule has 6 aromatic rings. The van der Waals surface area contributed by atoms with Gasteiger partial charge in [0, 0.05) is 0 Å². The summed E-state index contributed by atoms with van der Waals surface area (Å²) in [5, 5.41) is 4.22. The van der Waals surface area contributed by atoms with Crippen LogP contribution >= 0.6 is 22.7 Å². The van der Waals surface area contributed by atoms with Crippen LogP contribution in [0.3, 0.4) is 0 Å². The number of hydrogen-bond acceptors (Lipinski definition) is 4. The van der Waals surface area contributed by atoms with E-state index in [1.54, 1.807) is 22.7 Å². The number of hydrogen-bond donors (Lipinski definition) is 0. The predicted octanol–water partition coefficient (Wildman–Crippen LogP) is 3.71. The quantitative estimate of drug-likeness (QED) is 0.304. The third kappa shape index (κ3) is 3.17. The van der Waals surface area contributed by atoms with E-state index in [0.29, 0.717) is 0 Å². The zero-order valence-corrected chi connectivity index (χ0v) is 20.6. The van der Waals surface area contributed by atoms with E-state index >= 15 is 0 Å². The van der Waals surface area contributed by atoms with Crippen LogP contribution in [0.25, 0.3) is 32.4 Å². The zero-order chi connectivity index (χ0) is 19.9. The number of aromatic nitrogens is 4. The first-order valence-electron chi connectivity index (χ1n) is 9.25. The van der Waals surface area contributed by atoms with Crippen LogP contribution in [0.1, 0.15) is 0 Å². The van der Waals surface area contributed by atoms with Crippen LogP contribution < -0.4 is 9.18 Å². The van der Waals surface area contributed by atoms with Gasteiger partial charge in [-0.3, -0.25) is 0 Å². The van der Waals surface area contributed by atoms with Gasteiger partial charge >= 0.3 is 193 Å². The van der Waals surface area contributed by atoms with Crippen LogP contribution in [0.5, 0.6) is 0 Å². The normalized spacial score (nSPS) is 11.6. The van der Waals surface area contributed by atoms with Crippen LogP contribution in [0.15, 0.2) is 83.8 Å². The first-order valence-corrected chi connectivity index (χ1v) is 17.1. The maximum absolute atomic E-state index is 5.07. The van der Waals surface area contributed by atoms with Crippen molar-refractivity contribution in [3.63, 3.8) is 0 Å². The summed E-state index contributed by atoms with van der Waals surface area (Å²) in [6.45, 7) is 0. The van der Waals surface area contributed by atoms with Gasteiger partial charge in [-0.2, -0.15) is 0 Å². The summed E-state index contributed by atoms with van der Waals surface area (Å²) in [6, 6.07) is 21.2. The number of fused-ring (bicyclic) bond motifs is 2. The van der Waals surface area contributed by atoms with E-state index in [0.717, 1.165) is 11.6 Å². The fourth-order valence-corrected chi connectivity index (χ4v) is 11.1. The average Bonchev–Trinajstić information content (AvgIpc) is 3.58. The molecule has 0 aliphatic rings. The van der Waals surface area contributed by atoms with Crippen molar-refractivity contribution in [3.05, 3.63) is 83.8 Å². The Morgan fingerprint density at radius 2 is 1.10 bits per heavy atom. The number of thiophene rings is 2. The summed E-state index contributed by atoms with van der Waals surface area (Å²) >= 11 is 3.96. The Kier molecular flexibility index (Phi) is 4.84. The molecule has 0 spiro atoms. The molecular formula is C22H14N4S2Se2. The van der Waals surface area contributed by atoms with E-state index in [1.165, 1.54) is 30.0 Å². The molecule has 0 radical (unpaired) electrons. The van der Waals surface area contributed by atoms with E-state index in [-0.39, 0.29) is 26.3 Å². The van der Waals surface area contributed by atoms with Gasteiger partial charge in [-0.25, -0.2) is 0 Å². The van der Waals surface area contributed by atoms with Crippen molar-refractivity contribution < 1.29 is 0 Å². The van der Waals surface area contributed by atoms with E-state index in [2.05, 4.69) is 92.6 Å². The third-order valence-corrected chi connectivity index (χ3v) is 12.9. The van der Waals surface area contributed by atoms with Crippen molar-refractivity contribution >= 4 is 69.2 Å². The minimum absolute atomic E-state index is 0.243. The fourth-order valence-electron chi connectivity index (χ4n) is 3.38. The molecule has 0 bridgehead atoms. The van der Waals surface area contributed by atoms with Crippen molar-refractivity contribution in [3.8, 4) is 21.4 Å². The topological polar surface area (TPSA) is 34.6 Å². The predicted molar refractivity (Wildman–Crippen MR) is 128 cm³/mol. The summed E-state index contributed by atoms with van der Waals surface area (Å²) in [4.78, 5) is 12.5. The average molecular weight is 556 g/mol. The molecule has 6 aromatic heterocycles. The number of rotatable bonds is 5. The van der Waals surface area contributed by atoms with E-state index in [1.807, 2.05) is 0 Å². The summed E-state index contributed by atoms with van der Waals surface area (Å²) < 4.78 is 6.87. The van der Waals surface area contributed by atoms with Crippen molar-refractivity contribution in [2.24, 2.45) is 0 Å². The molecule has 0 saturated carbocycles. The molecule has 0 unspecified atom stereocenters. The van der Waals surface area contributed by atoms with Gasteiger partial charge in [-0.1, -0.05) is 0 Å². The van der Waals surface area contributed by atoms with E-state index in [9.17, 15) is 0 Å². The second kappa shape index (κ2) is 7.82. The molecule has 8 heteroatoms. The second-order valence-electron chi connectivity index (χ2n) is 6.51. The Bertz CT molecular complexity index is 1340. The number of imidazole rings is 2. The Morgan fingerprint density at radius 1 is 0.600 bits per heavy atom. The van der Waals surface area contributed by atoms with Gasteiger partial charge in [-0.15, -0.1) is 0 Å². The minimum atomic E-state index is 0.243. The maximum atomic E-state index is 5.07. The zero-order valence-electron chi connectivity index (χ0n) is 15.5. The molecule has 4 nitrogen and oxygen atoms in total. The van der Waals surface area contributed by atoms with Gasteiger partial charge in [0.25, 0.3) is 0 Å². The number of pyridine rings is 2. The van der Waals surface area contributed by atoms with Crippen LogP contribution in [0, 0.1) is 0 Å². The SMILES string of the molecule is c1csc(-c2nc([Se][Se]c3nc(-c4cccs4)n4ccccc34)c3ccccn23)c1. The van der Waals surface area contributed by atoms with Crippen LogP contribution in [0.4, 0.5) is 0 Å². The van der Waals surface area contributed by atoms with Gasteiger partial charge in [0.05, 0.1) is 0 Å². The molecule has 6 heterocycles. The van der Waals surface area contributed by atoms with Gasteiger partial charge < -0.3 is 0 Å². The molecule has 0 aromatic carbocycles. The molecule has 0 saturated heterocycles. The molecule has 0 atom stereocenters. The van der Waals surface area contributed by atoms with Gasteiger partial charge in [-0.05, 0) is 0 Å². The Labute approximate surface area is 192 Å². The Balaban J connectivity index is 1.40. The summed E-state index contributed by atoms with van der Waals surface area (Å²) in [5.41, 5.74) is 2.43. The molecule has 146 valence electrons. The molecule has 30 heavy (non-hydrogen) atoms. The molecule has 0 aliphatic carbocycles. The van der Waals surface area contributed by atoms with Crippen LogP contribution in [0.2, 0.25) is 0 Å². The first kappa shape index (κ1) is 18.6. The molecule has 0 amide bonds. The molecule has 0 N–H and O–H groups in total. The molecule has 6 rings (SSSR count). The third-order valence-electron chi connectivity index (χ3n) is 4.71. The first-order chi connectivity index (χ1) is 14.9. The van der Waals surface area contributed by atoms with E-state index < -0.39 is 0 Å². The standard InChI is InChI=1S/C22H14N4S2Se2/c1-3-11-25-15(7-1)21(23-19(25)17-9-5-13-27-17)29-30-22-16-8-2-4-12-26(16)20(24-22)18-10-6-14-28-18/h1-14H. The number of nitrogens with zero attached hydrogens (tertiary/aromatic N) is 4. The van der Waals surface area contributed by atoms with Crippen LogP contribution in [-0.2, 0) is 0 Å². The Morgan fingerprint density at radius 3 is 1.53 bits per heavy atom. The van der Waals surface area contributed by atoms with E-state index in [4.69, 9.17) is 9.97 Å². The molecule has 0 aliphatic heterocycles. The van der Waals surface area contributed by atoms with Crippen molar-refractivity contribution in [2.75, 3.05) is 0 Å². The van der Waals surface area contributed by atoms with Crippen molar-refractivity contribution in [1.82, 2.24) is 18.8 Å². The fraction of sp³-hybridized carbons (Fsp3) is 0. The van der Waals surface area contributed by atoms with Gasteiger partial charge in [0.2, 0.25) is 0 Å². The molecular weight excluding hydrogens is 542 g/mol. The summed E-state index contributed by atoms with van der Waals surface area (Å²) in [5.74, 6) is 2.09. The van der Waals surface area contributed by atoms with Gasteiger partial charge in [0.15, 0.2) is 0 Å². The summed E-state index contributed by atoms with van der Waals surface area (Å²) in [6.07, 6.45) is 4.23. The van der Waals surface area contributed by atoms with Gasteiger partial charge in [0.1, 0.15) is 0 Å². The monoisotopic (exact) mass is 558 g/mol. The van der Waals surface area contributed by atoms with Crippen LogP contribution in [-0.4, -0.2) is 45.0 Å². The van der Waals surface area contributed by atoms with Crippen molar-refractivity contribution in [1.29, 1.82) is 0 Å². The van der Waals surface area contributed by atoms with Crippen molar-refractivity contribution in [2.45, 2.75) is 0 Å².